The standard InChI is InChI=1S/C17H17N3O3S2/c1-12-4-6-14(7-5-12)25(21,22)20-9-2-3-15(20)17-19-18-16(23-17)13-8-10-24-11-13/h4-8,10-11,15H,2-3,9H2,1H3. The van der Waals surface area contributed by atoms with Gasteiger partial charge in [-0.3, -0.25) is 0 Å². The number of aromatic nitrogens is 2. The highest BCUT2D eigenvalue weighted by molar-refractivity contribution is 7.89. The first-order valence-corrected chi connectivity index (χ1v) is 10.4. The molecule has 0 aliphatic carbocycles. The first-order valence-electron chi connectivity index (χ1n) is 8.00. The van der Waals surface area contributed by atoms with Gasteiger partial charge in [0.05, 0.1) is 4.90 Å². The molecule has 0 spiro atoms. The fraction of sp³-hybridized carbons (Fsp3) is 0.294. The summed E-state index contributed by atoms with van der Waals surface area (Å²) in [6.45, 7) is 2.39. The lowest BCUT2D eigenvalue weighted by atomic mass is 10.2. The van der Waals surface area contributed by atoms with Crippen LogP contribution in [0.3, 0.4) is 0 Å². The van der Waals surface area contributed by atoms with E-state index in [0.717, 1.165) is 17.5 Å². The Bertz CT molecular complexity index is 963. The molecule has 1 atom stereocenters. The molecule has 1 unspecified atom stereocenters. The van der Waals surface area contributed by atoms with E-state index in [1.165, 1.54) is 4.31 Å². The summed E-state index contributed by atoms with van der Waals surface area (Å²) in [6, 6.07) is 8.39. The van der Waals surface area contributed by atoms with E-state index < -0.39 is 16.1 Å². The number of hydrogen-bond acceptors (Lipinski definition) is 6. The summed E-state index contributed by atoms with van der Waals surface area (Å²) >= 11 is 1.55. The maximum Gasteiger partial charge on any atom is 0.248 e. The molecule has 0 N–H and O–H groups in total. The number of aryl methyl sites for hydroxylation is 1. The molecule has 1 aliphatic rings. The highest BCUT2D eigenvalue weighted by Crippen LogP contribution is 2.37. The third-order valence-corrected chi connectivity index (χ3v) is 6.93. The average molecular weight is 375 g/mol. The zero-order chi connectivity index (χ0) is 17.4. The van der Waals surface area contributed by atoms with Crippen LogP contribution in [0.2, 0.25) is 0 Å². The van der Waals surface area contributed by atoms with E-state index >= 15 is 0 Å². The summed E-state index contributed by atoms with van der Waals surface area (Å²) in [5, 5.41) is 12.0. The van der Waals surface area contributed by atoms with E-state index in [9.17, 15) is 8.42 Å². The number of thiophene rings is 1. The van der Waals surface area contributed by atoms with Gasteiger partial charge in [0.25, 0.3) is 0 Å². The smallest absolute Gasteiger partial charge is 0.248 e. The number of hydrogen-bond donors (Lipinski definition) is 0. The number of sulfonamides is 1. The molecule has 1 saturated heterocycles. The molecule has 1 fully saturated rings. The van der Waals surface area contributed by atoms with Crippen LogP contribution in [0.1, 0.15) is 30.3 Å². The summed E-state index contributed by atoms with van der Waals surface area (Å²) in [4.78, 5) is 0.294. The molecule has 3 heterocycles. The quantitative estimate of drug-likeness (QED) is 0.696. The zero-order valence-electron chi connectivity index (χ0n) is 13.6. The van der Waals surface area contributed by atoms with Gasteiger partial charge in [-0.15, -0.1) is 10.2 Å². The lowest BCUT2D eigenvalue weighted by Crippen LogP contribution is -2.30. The SMILES string of the molecule is Cc1ccc(S(=O)(=O)N2CCCC2c2nnc(-c3ccsc3)o2)cc1. The van der Waals surface area contributed by atoms with Crippen LogP contribution in [0.15, 0.2) is 50.4 Å². The molecule has 130 valence electrons. The van der Waals surface area contributed by atoms with Crippen molar-refractivity contribution in [3.63, 3.8) is 0 Å². The van der Waals surface area contributed by atoms with E-state index in [1.807, 2.05) is 23.8 Å². The molecule has 0 amide bonds. The lowest BCUT2D eigenvalue weighted by Gasteiger charge is -2.21. The first-order chi connectivity index (χ1) is 12.1. The van der Waals surface area contributed by atoms with Crippen molar-refractivity contribution >= 4 is 21.4 Å². The molecule has 1 aliphatic heterocycles. The molecule has 1 aromatic carbocycles. The maximum atomic E-state index is 13.0. The molecule has 25 heavy (non-hydrogen) atoms. The lowest BCUT2D eigenvalue weighted by molar-refractivity contribution is 0.332. The highest BCUT2D eigenvalue weighted by atomic mass is 32.2. The summed E-state index contributed by atoms with van der Waals surface area (Å²) in [7, 11) is -3.59. The van der Waals surface area contributed by atoms with Crippen LogP contribution in [0, 0.1) is 6.92 Å². The van der Waals surface area contributed by atoms with Crippen molar-refractivity contribution in [1.29, 1.82) is 0 Å². The predicted molar refractivity (Wildman–Crippen MR) is 94.7 cm³/mol. The third-order valence-electron chi connectivity index (χ3n) is 4.33. The van der Waals surface area contributed by atoms with Crippen molar-refractivity contribution in [2.45, 2.75) is 30.7 Å². The second-order valence-corrected chi connectivity index (χ2v) is 8.71. The van der Waals surface area contributed by atoms with Gasteiger partial charge in [0.2, 0.25) is 21.8 Å². The minimum atomic E-state index is -3.59. The molecule has 2 aromatic heterocycles. The Morgan fingerprint density at radius 2 is 2.00 bits per heavy atom. The maximum absolute atomic E-state index is 13.0. The van der Waals surface area contributed by atoms with Gasteiger partial charge in [0.15, 0.2) is 0 Å². The summed E-state index contributed by atoms with van der Waals surface area (Å²) < 4.78 is 33.3. The van der Waals surface area contributed by atoms with Gasteiger partial charge in [0.1, 0.15) is 6.04 Å². The van der Waals surface area contributed by atoms with Crippen LogP contribution in [0.5, 0.6) is 0 Å². The molecule has 6 nitrogen and oxygen atoms in total. The Kier molecular flexibility index (Phi) is 4.18. The minimum absolute atomic E-state index is 0.294. The largest absolute Gasteiger partial charge is 0.419 e. The predicted octanol–water partition coefficient (Wildman–Crippen LogP) is 3.63. The topological polar surface area (TPSA) is 76.3 Å². The van der Waals surface area contributed by atoms with E-state index in [4.69, 9.17) is 4.42 Å². The fourth-order valence-corrected chi connectivity index (χ4v) is 5.27. The van der Waals surface area contributed by atoms with Crippen molar-refractivity contribution in [2.24, 2.45) is 0 Å². The van der Waals surface area contributed by atoms with Crippen molar-refractivity contribution in [2.75, 3.05) is 6.54 Å². The third kappa shape index (κ3) is 3.01. The highest BCUT2D eigenvalue weighted by Gasteiger charge is 2.39. The summed E-state index contributed by atoms with van der Waals surface area (Å²) in [6.07, 6.45) is 1.45. The molecule has 0 radical (unpaired) electrons. The van der Waals surface area contributed by atoms with E-state index in [1.54, 1.807) is 35.6 Å². The zero-order valence-corrected chi connectivity index (χ0v) is 15.3. The molecular weight excluding hydrogens is 358 g/mol. The van der Waals surface area contributed by atoms with Crippen molar-refractivity contribution in [3.8, 4) is 11.5 Å². The normalized spacial score (nSPS) is 18.7. The van der Waals surface area contributed by atoms with Crippen LogP contribution in [0.4, 0.5) is 0 Å². The Hall–Kier alpha value is -2.03. The van der Waals surface area contributed by atoms with Crippen LogP contribution in [0.25, 0.3) is 11.5 Å². The van der Waals surface area contributed by atoms with Crippen LogP contribution in [-0.2, 0) is 10.0 Å². The van der Waals surface area contributed by atoms with E-state index in [-0.39, 0.29) is 0 Å². The molecule has 0 saturated carbocycles. The van der Waals surface area contributed by atoms with Gasteiger partial charge in [-0.05, 0) is 43.3 Å². The second-order valence-electron chi connectivity index (χ2n) is 6.04. The van der Waals surface area contributed by atoms with Crippen molar-refractivity contribution in [3.05, 3.63) is 52.5 Å². The Morgan fingerprint density at radius 3 is 2.72 bits per heavy atom. The van der Waals surface area contributed by atoms with Crippen molar-refractivity contribution in [1.82, 2.24) is 14.5 Å². The Balaban J connectivity index is 1.65. The van der Waals surface area contributed by atoms with Crippen LogP contribution < -0.4 is 0 Å². The second kappa shape index (κ2) is 6.36. The van der Waals surface area contributed by atoms with Gasteiger partial charge in [0, 0.05) is 17.5 Å². The Morgan fingerprint density at radius 1 is 1.20 bits per heavy atom. The minimum Gasteiger partial charge on any atom is -0.419 e. The number of benzene rings is 1. The van der Waals surface area contributed by atoms with Gasteiger partial charge in [-0.2, -0.15) is 15.6 Å². The molecule has 4 rings (SSSR count). The Labute approximate surface area is 150 Å². The van der Waals surface area contributed by atoms with Crippen molar-refractivity contribution < 1.29 is 12.8 Å². The van der Waals surface area contributed by atoms with Gasteiger partial charge in [-0.25, -0.2) is 8.42 Å². The summed E-state index contributed by atoms with van der Waals surface area (Å²) in [5.74, 6) is 0.783. The number of nitrogens with zero attached hydrogens (tertiary/aromatic N) is 3. The van der Waals surface area contributed by atoms with Gasteiger partial charge in [-0.1, -0.05) is 17.7 Å². The average Bonchev–Trinajstić information content (AvgIpc) is 3.34. The van der Waals surface area contributed by atoms with Gasteiger partial charge < -0.3 is 4.42 Å². The van der Waals surface area contributed by atoms with Gasteiger partial charge >= 0.3 is 0 Å². The number of rotatable bonds is 4. The molecule has 8 heteroatoms. The molecular formula is C17H17N3O3S2. The fourth-order valence-electron chi connectivity index (χ4n) is 2.99. The van der Waals surface area contributed by atoms with Crippen LogP contribution in [-0.4, -0.2) is 29.5 Å². The monoisotopic (exact) mass is 375 g/mol. The van der Waals surface area contributed by atoms with E-state index in [0.29, 0.717) is 29.6 Å². The van der Waals surface area contributed by atoms with E-state index in [2.05, 4.69) is 10.2 Å². The molecule has 0 bridgehead atoms. The molecule has 3 aromatic rings. The first kappa shape index (κ1) is 16.4. The summed E-state index contributed by atoms with van der Waals surface area (Å²) in [5.41, 5.74) is 1.88. The van der Waals surface area contributed by atoms with Crippen LogP contribution >= 0.6 is 11.3 Å².